The van der Waals surface area contributed by atoms with Gasteiger partial charge in [0.1, 0.15) is 5.75 Å². The summed E-state index contributed by atoms with van der Waals surface area (Å²) in [5, 5.41) is 0.552. The van der Waals surface area contributed by atoms with Crippen LogP contribution in [0.1, 0.15) is 11.1 Å². The molecule has 0 atom stereocenters. The molecule has 0 unspecified atom stereocenters. The SMILES string of the molecule is COc1ccc(NS(=O)(=O)c2cc(C)c(Cl)cc2C)cc1. The highest BCUT2D eigenvalue weighted by atomic mass is 35.5. The van der Waals surface area contributed by atoms with Crippen LogP contribution < -0.4 is 9.46 Å². The molecule has 0 saturated carbocycles. The zero-order valence-corrected chi connectivity index (χ0v) is 13.5. The lowest BCUT2D eigenvalue weighted by atomic mass is 10.2. The van der Waals surface area contributed by atoms with E-state index >= 15 is 0 Å². The summed E-state index contributed by atoms with van der Waals surface area (Å²) in [6, 6.07) is 9.90. The highest BCUT2D eigenvalue weighted by molar-refractivity contribution is 7.92. The second-order valence-electron chi connectivity index (χ2n) is 4.70. The van der Waals surface area contributed by atoms with Crippen molar-refractivity contribution in [1.82, 2.24) is 0 Å². The molecular formula is C15H16ClNO3S. The van der Waals surface area contributed by atoms with Gasteiger partial charge in [0.05, 0.1) is 12.0 Å². The second-order valence-corrected chi connectivity index (χ2v) is 6.76. The Morgan fingerprint density at radius 1 is 1.05 bits per heavy atom. The molecule has 1 N–H and O–H groups in total. The number of benzene rings is 2. The van der Waals surface area contributed by atoms with Gasteiger partial charge in [0, 0.05) is 10.7 Å². The standard InChI is InChI=1S/C15H16ClNO3S/c1-10-9-15(11(2)8-14(10)16)21(18,19)17-12-4-6-13(20-3)7-5-12/h4-9,17H,1-3H3. The van der Waals surface area contributed by atoms with Gasteiger partial charge in [-0.2, -0.15) is 0 Å². The molecule has 0 spiro atoms. The summed E-state index contributed by atoms with van der Waals surface area (Å²) in [7, 11) is -2.10. The molecule has 4 nitrogen and oxygen atoms in total. The molecule has 0 saturated heterocycles. The van der Waals surface area contributed by atoms with Crippen LogP contribution in [0.15, 0.2) is 41.3 Å². The normalized spacial score (nSPS) is 11.2. The number of aryl methyl sites for hydroxylation is 2. The van der Waals surface area contributed by atoms with E-state index in [0.29, 0.717) is 22.0 Å². The van der Waals surface area contributed by atoms with Crippen molar-refractivity contribution in [3.8, 4) is 5.75 Å². The minimum Gasteiger partial charge on any atom is -0.497 e. The summed E-state index contributed by atoms with van der Waals surface area (Å²) < 4.78 is 32.5. The zero-order valence-electron chi connectivity index (χ0n) is 12.0. The fourth-order valence-electron chi connectivity index (χ4n) is 1.91. The number of sulfonamides is 1. The maximum atomic E-state index is 12.5. The van der Waals surface area contributed by atoms with E-state index in [9.17, 15) is 8.42 Å². The van der Waals surface area contributed by atoms with Crippen molar-refractivity contribution in [1.29, 1.82) is 0 Å². The molecule has 2 aromatic rings. The van der Waals surface area contributed by atoms with Gasteiger partial charge >= 0.3 is 0 Å². The van der Waals surface area contributed by atoms with Crippen molar-refractivity contribution in [2.45, 2.75) is 18.7 Å². The van der Waals surface area contributed by atoms with Crippen LogP contribution in [0, 0.1) is 13.8 Å². The lowest BCUT2D eigenvalue weighted by Gasteiger charge is -2.12. The van der Waals surface area contributed by atoms with Crippen molar-refractivity contribution in [2.75, 3.05) is 11.8 Å². The summed E-state index contributed by atoms with van der Waals surface area (Å²) >= 11 is 6.00. The van der Waals surface area contributed by atoms with Gasteiger partial charge in [-0.15, -0.1) is 0 Å². The fourth-order valence-corrected chi connectivity index (χ4v) is 3.50. The average molecular weight is 326 g/mol. The third-order valence-electron chi connectivity index (χ3n) is 3.09. The van der Waals surface area contributed by atoms with Gasteiger partial charge in [0.2, 0.25) is 0 Å². The maximum Gasteiger partial charge on any atom is 0.262 e. The van der Waals surface area contributed by atoms with E-state index in [1.54, 1.807) is 57.4 Å². The zero-order chi connectivity index (χ0) is 15.6. The fraction of sp³-hybridized carbons (Fsp3) is 0.200. The van der Waals surface area contributed by atoms with Crippen molar-refractivity contribution >= 4 is 27.3 Å². The number of nitrogens with one attached hydrogen (secondary N) is 1. The first-order valence-corrected chi connectivity index (χ1v) is 8.13. The predicted molar refractivity (Wildman–Crippen MR) is 84.7 cm³/mol. The molecule has 0 aliphatic rings. The second kappa shape index (κ2) is 5.95. The third-order valence-corrected chi connectivity index (χ3v) is 5.02. The van der Waals surface area contributed by atoms with Gasteiger partial charge in [-0.3, -0.25) is 4.72 Å². The van der Waals surface area contributed by atoms with E-state index in [1.165, 1.54) is 0 Å². The minimum atomic E-state index is -3.65. The average Bonchev–Trinajstić information content (AvgIpc) is 2.43. The Morgan fingerprint density at radius 3 is 2.24 bits per heavy atom. The predicted octanol–water partition coefficient (Wildman–Crippen LogP) is 3.77. The summed E-state index contributed by atoms with van der Waals surface area (Å²) in [6.45, 7) is 3.49. The molecular weight excluding hydrogens is 310 g/mol. The summed E-state index contributed by atoms with van der Waals surface area (Å²) in [4.78, 5) is 0.222. The molecule has 2 aromatic carbocycles. The van der Waals surface area contributed by atoms with E-state index in [2.05, 4.69) is 4.72 Å². The van der Waals surface area contributed by atoms with Gasteiger partial charge in [-0.1, -0.05) is 11.6 Å². The number of hydrogen-bond donors (Lipinski definition) is 1. The monoisotopic (exact) mass is 325 g/mol. The highest BCUT2D eigenvalue weighted by Gasteiger charge is 2.18. The molecule has 0 aromatic heterocycles. The van der Waals surface area contributed by atoms with Crippen molar-refractivity contribution < 1.29 is 13.2 Å². The Morgan fingerprint density at radius 2 is 1.67 bits per heavy atom. The largest absolute Gasteiger partial charge is 0.497 e. The molecule has 0 aliphatic carbocycles. The van der Waals surface area contributed by atoms with E-state index in [4.69, 9.17) is 16.3 Å². The van der Waals surface area contributed by atoms with E-state index in [0.717, 1.165) is 5.56 Å². The molecule has 0 aliphatic heterocycles. The van der Waals surface area contributed by atoms with Gasteiger partial charge in [-0.05, 0) is 61.4 Å². The van der Waals surface area contributed by atoms with E-state index in [-0.39, 0.29) is 4.90 Å². The molecule has 0 bridgehead atoms. The third kappa shape index (κ3) is 3.49. The first-order chi connectivity index (χ1) is 9.83. The summed E-state index contributed by atoms with van der Waals surface area (Å²) in [6.07, 6.45) is 0. The smallest absolute Gasteiger partial charge is 0.262 e. The first-order valence-electron chi connectivity index (χ1n) is 6.27. The molecule has 0 amide bonds. The van der Waals surface area contributed by atoms with E-state index in [1.807, 2.05) is 0 Å². The number of halogens is 1. The topological polar surface area (TPSA) is 55.4 Å². The van der Waals surface area contributed by atoms with Crippen LogP contribution >= 0.6 is 11.6 Å². The molecule has 21 heavy (non-hydrogen) atoms. The lowest BCUT2D eigenvalue weighted by molar-refractivity contribution is 0.415. The van der Waals surface area contributed by atoms with E-state index < -0.39 is 10.0 Å². The minimum absolute atomic E-state index is 0.222. The van der Waals surface area contributed by atoms with Crippen LogP contribution in [0.2, 0.25) is 5.02 Å². The Kier molecular flexibility index (Phi) is 4.44. The Labute approximate surface area is 129 Å². The number of methoxy groups -OCH3 is 1. The van der Waals surface area contributed by atoms with Crippen LogP contribution in [0.3, 0.4) is 0 Å². The molecule has 0 radical (unpaired) electrons. The van der Waals surface area contributed by atoms with Crippen LogP contribution in [0.4, 0.5) is 5.69 Å². The van der Waals surface area contributed by atoms with Crippen LogP contribution in [0.5, 0.6) is 5.75 Å². The van der Waals surface area contributed by atoms with Gasteiger partial charge < -0.3 is 4.74 Å². The number of ether oxygens (including phenoxy) is 1. The summed E-state index contributed by atoms with van der Waals surface area (Å²) in [5.74, 6) is 0.663. The van der Waals surface area contributed by atoms with Crippen LogP contribution in [-0.4, -0.2) is 15.5 Å². The quantitative estimate of drug-likeness (QED) is 0.931. The Hall–Kier alpha value is -1.72. The van der Waals surface area contributed by atoms with Crippen LogP contribution in [-0.2, 0) is 10.0 Å². The number of anilines is 1. The summed E-state index contributed by atoms with van der Waals surface area (Å²) in [5.41, 5.74) is 1.80. The lowest BCUT2D eigenvalue weighted by Crippen LogP contribution is -2.14. The first kappa shape index (κ1) is 15.7. The molecule has 112 valence electrons. The van der Waals surface area contributed by atoms with Gasteiger partial charge in [-0.25, -0.2) is 8.42 Å². The van der Waals surface area contributed by atoms with Crippen molar-refractivity contribution in [3.05, 3.63) is 52.5 Å². The highest BCUT2D eigenvalue weighted by Crippen LogP contribution is 2.26. The van der Waals surface area contributed by atoms with Crippen molar-refractivity contribution in [3.63, 3.8) is 0 Å². The molecule has 0 fully saturated rings. The number of rotatable bonds is 4. The molecule has 6 heteroatoms. The maximum absolute atomic E-state index is 12.5. The molecule has 0 heterocycles. The van der Waals surface area contributed by atoms with Gasteiger partial charge in [0.25, 0.3) is 10.0 Å². The van der Waals surface area contributed by atoms with Gasteiger partial charge in [0.15, 0.2) is 0 Å². The Balaban J connectivity index is 2.35. The Bertz CT molecular complexity index is 755. The van der Waals surface area contributed by atoms with Crippen molar-refractivity contribution in [2.24, 2.45) is 0 Å². The molecule has 2 rings (SSSR count). The number of hydrogen-bond acceptors (Lipinski definition) is 3. The van der Waals surface area contributed by atoms with Crippen LogP contribution in [0.25, 0.3) is 0 Å².